The minimum absolute atomic E-state index is 0.266. The zero-order valence-electron chi connectivity index (χ0n) is 7.95. The Balaban J connectivity index is 2.16. The number of ether oxygens (including phenoxy) is 1. The van der Waals surface area contributed by atoms with Gasteiger partial charge in [-0.2, -0.15) is 0 Å². The lowest BCUT2D eigenvalue weighted by Gasteiger charge is -2.08. The zero-order chi connectivity index (χ0) is 9.97. The molecule has 74 valence electrons. The van der Waals surface area contributed by atoms with Crippen LogP contribution in [0.3, 0.4) is 0 Å². The second kappa shape index (κ2) is 3.57. The van der Waals surface area contributed by atoms with Crippen LogP contribution in [0.1, 0.15) is 5.56 Å². The van der Waals surface area contributed by atoms with Crippen molar-refractivity contribution in [3.63, 3.8) is 0 Å². The van der Waals surface area contributed by atoms with Crippen molar-refractivity contribution in [2.45, 2.75) is 6.92 Å². The average molecular weight is 192 g/mol. The smallest absolute Gasteiger partial charge is 0.289 e. The first-order valence-corrected chi connectivity index (χ1v) is 4.49. The van der Waals surface area contributed by atoms with Crippen LogP contribution < -0.4 is 5.32 Å². The van der Waals surface area contributed by atoms with E-state index in [1.807, 2.05) is 6.92 Å². The minimum atomic E-state index is 0.266. The summed E-state index contributed by atoms with van der Waals surface area (Å²) in [5.41, 5.74) is 1.87. The number of amidine groups is 1. The van der Waals surface area contributed by atoms with Crippen LogP contribution in [0, 0.1) is 6.92 Å². The normalized spacial score (nSPS) is 14.8. The first-order chi connectivity index (χ1) is 6.75. The third kappa shape index (κ3) is 1.79. The maximum atomic E-state index is 9.21. The van der Waals surface area contributed by atoms with E-state index in [2.05, 4.69) is 10.3 Å². The van der Waals surface area contributed by atoms with Crippen molar-refractivity contribution >= 4 is 11.7 Å². The fourth-order valence-corrected chi connectivity index (χ4v) is 1.31. The lowest BCUT2D eigenvalue weighted by Crippen LogP contribution is -2.12. The SMILES string of the molecule is Cc1cc(O)ccc1NC1=NCCO1. The first kappa shape index (κ1) is 8.87. The number of aryl methyl sites for hydroxylation is 1. The number of benzene rings is 1. The molecular formula is C10H12N2O2. The molecule has 1 aromatic carbocycles. The van der Waals surface area contributed by atoms with Gasteiger partial charge in [0.2, 0.25) is 0 Å². The summed E-state index contributed by atoms with van der Waals surface area (Å²) in [6.07, 6.45) is 0. The number of anilines is 1. The van der Waals surface area contributed by atoms with Crippen molar-refractivity contribution in [2.75, 3.05) is 18.5 Å². The summed E-state index contributed by atoms with van der Waals surface area (Å²) in [6, 6.07) is 5.68. The van der Waals surface area contributed by atoms with Gasteiger partial charge in [-0.05, 0) is 30.7 Å². The van der Waals surface area contributed by atoms with E-state index in [1.54, 1.807) is 18.2 Å². The Kier molecular flexibility index (Phi) is 2.26. The number of rotatable bonds is 1. The molecule has 1 aliphatic rings. The summed E-state index contributed by atoms with van der Waals surface area (Å²) in [5.74, 6) is 0.266. The Morgan fingerprint density at radius 3 is 3.00 bits per heavy atom. The van der Waals surface area contributed by atoms with Crippen LogP contribution in [0.2, 0.25) is 0 Å². The van der Waals surface area contributed by atoms with Gasteiger partial charge in [0.1, 0.15) is 12.4 Å². The Labute approximate surface area is 82.2 Å². The topological polar surface area (TPSA) is 53.8 Å². The highest BCUT2D eigenvalue weighted by Crippen LogP contribution is 2.20. The molecule has 1 aromatic rings. The van der Waals surface area contributed by atoms with Gasteiger partial charge in [-0.1, -0.05) is 0 Å². The highest BCUT2D eigenvalue weighted by atomic mass is 16.5. The van der Waals surface area contributed by atoms with E-state index in [9.17, 15) is 5.11 Å². The van der Waals surface area contributed by atoms with Gasteiger partial charge in [-0.15, -0.1) is 0 Å². The Bertz CT molecular complexity index is 374. The van der Waals surface area contributed by atoms with Gasteiger partial charge >= 0.3 is 0 Å². The van der Waals surface area contributed by atoms with E-state index >= 15 is 0 Å². The van der Waals surface area contributed by atoms with Gasteiger partial charge in [0.05, 0.1) is 6.54 Å². The van der Waals surface area contributed by atoms with E-state index in [4.69, 9.17) is 4.74 Å². The number of aliphatic imine (C=N–C) groups is 1. The van der Waals surface area contributed by atoms with Gasteiger partial charge in [0, 0.05) is 5.69 Å². The Morgan fingerprint density at radius 1 is 1.50 bits per heavy atom. The Morgan fingerprint density at radius 2 is 2.36 bits per heavy atom. The molecule has 14 heavy (non-hydrogen) atoms. The van der Waals surface area contributed by atoms with E-state index < -0.39 is 0 Å². The molecule has 0 atom stereocenters. The van der Waals surface area contributed by atoms with Crippen molar-refractivity contribution in [1.29, 1.82) is 0 Å². The second-order valence-corrected chi connectivity index (χ2v) is 3.16. The molecule has 1 aliphatic heterocycles. The summed E-state index contributed by atoms with van der Waals surface area (Å²) in [4.78, 5) is 4.12. The van der Waals surface area contributed by atoms with Crippen LogP contribution in [0.15, 0.2) is 23.2 Å². The van der Waals surface area contributed by atoms with Gasteiger partial charge in [-0.25, -0.2) is 4.99 Å². The van der Waals surface area contributed by atoms with Crippen molar-refractivity contribution in [3.8, 4) is 5.75 Å². The van der Waals surface area contributed by atoms with Crippen LogP contribution in [0.4, 0.5) is 5.69 Å². The number of hydrogen-bond donors (Lipinski definition) is 2. The van der Waals surface area contributed by atoms with Crippen molar-refractivity contribution in [1.82, 2.24) is 0 Å². The largest absolute Gasteiger partial charge is 0.508 e. The molecule has 0 saturated carbocycles. The van der Waals surface area contributed by atoms with Crippen LogP contribution in [0.5, 0.6) is 5.75 Å². The monoisotopic (exact) mass is 192 g/mol. The maximum Gasteiger partial charge on any atom is 0.289 e. The minimum Gasteiger partial charge on any atom is -0.508 e. The average Bonchev–Trinajstić information content (AvgIpc) is 2.62. The maximum absolute atomic E-state index is 9.21. The van der Waals surface area contributed by atoms with Crippen molar-refractivity contribution in [3.05, 3.63) is 23.8 Å². The molecule has 0 aliphatic carbocycles. The molecule has 2 N–H and O–H groups in total. The molecule has 0 saturated heterocycles. The highest BCUT2D eigenvalue weighted by Gasteiger charge is 2.08. The fraction of sp³-hybridized carbons (Fsp3) is 0.300. The van der Waals surface area contributed by atoms with Crippen molar-refractivity contribution in [2.24, 2.45) is 4.99 Å². The lowest BCUT2D eigenvalue weighted by atomic mass is 10.2. The standard InChI is InChI=1S/C10H12N2O2/c1-7-6-8(13)2-3-9(7)12-10-11-4-5-14-10/h2-3,6,13H,4-5H2,1H3,(H,11,12). The molecule has 0 spiro atoms. The lowest BCUT2D eigenvalue weighted by molar-refractivity contribution is 0.346. The molecule has 0 unspecified atom stereocenters. The third-order valence-electron chi connectivity index (χ3n) is 2.04. The van der Waals surface area contributed by atoms with Crippen LogP contribution >= 0.6 is 0 Å². The third-order valence-corrected chi connectivity index (χ3v) is 2.04. The van der Waals surface area contributed by atoms with Gasteiger partial charge < -0.3 is 15.2 Å². The number of nitrogens with one attached hydrogen (secondary N) is 1. The van der Waals surface area contributed by atoms with Crippen LogP contribution in [0.25, 0.3) is 0 Å². The molecule has 0 aromatic heterocycles. The first-order valence-electron chi connectivity index (χ1n) is 4.49. The molecule has 0 bridgehead atoms. The van der Waals surface area contributed by atoms with Gasteiger partial charge in [0.15, 0.2) is 0 Å². The Hall–Kier alpha value is -1.71. The predicted molar refractivity (Wildman–Crippen MR) is 54.7 cm³/mol. The van der Waals surface area contributed by atoms with E-state index in [0.717, 1.165) is 11.3 Å². The number of nitrogens with zero attached hydrogens (tertiary/aromatic N) is 1. The molecule has 0 fully saturated rings. The summed E-state index contributed by atoms with van der Waals surface area (Å²) >= 11 is 0. The van der Waals surface area contributed by atoms with E-state index in [-0.39, 0.29) is 5.75 Å². The molecular weight excluding hydrogens is 180 g/mol. The molecule has 2 rings (SSSR count). The summed E-state index contributed by atoms with van der Waals surface area (Å²) in [7, 11) is 0. The van der Waals surface area contributed by atoms with E-state index in [0.29, 0.717) is 19.2 Å². The second-order valence-electron chi connectivity index (χ2n) is 3.16. The fourth-order valence-electron chi connectivity index (χ4n) is 1.31. The highest BCUT2D eigenvalue weighted by molar-refractivity contribution is 5.90. The van der Waals surface area contributed by atoms with Crippen molar-refractivity contribution < 1.29 is 9.84 Å². The van der Waals surface area contributed by atoms with Crippen LogP contribution in [-0.4, -0.2) is 24.3 Å². The molecule has 4 heteroatoms. The van der Waals surface area contributed by atoms with Gasteiger partial charge in [-0.3, -0.25) is 0 Å². The quantitative estimate of drug-likeness (QED) is 0.663. The number of aromatic hydroxyl groups is 1. The molecule has 0 radical (unpaired) electrons. The number of phenols is 1. The number of phenolic OH excluding ortho intramolecular Hbond substituents is 1. The summed E-state index contributed by atoms with van der Waals surface area (Å²) < 4.78 is 5.22. The summed E-state index contributed by atoms with van der Waals surface area (Å²) in [5, 5.41) is 12.3. The zero-order valence-corrected chi connectivity index (χ0v) is 7.95. The number of hydrogen-bond acceptors (Lipinski definition) is 4. The molecule has 4 nitrogen and oxygen atoms in total. The summed E-state index contributed by atoms with van der Waals surface area (Å²) in [6.45, 7) is 3.26. The van der Waals surface area contributed by atoms with Crippen LogP contribution in [-0.2, 0) is 4.74 Å². The molecule has 1 heterocycles. The molecule has 0 amide bonds. The van der Waals surface area contributed by atoms with E-state index in [1.165, 1.54) is 0 Å². The van der Waals surface area contributed by atoms with Gasteiger partial charge in [0.25, 0.3) is 6.02 Å². The predicted octanol–water partition coefficient (Wildman–Crippen LogP) is 1.50.